The van der Waals surface area contributed by atoms with Crippen molar-refractivity contribution in [2.45, 2.75) is 18.8 Å². The first-order valence-corrected chi connectivity index (χ1v) is 10.8. The number of rotatable bonds is 8. The molecule has 31 heavy (non-hydrogen) atoms. The Morgan fingerprint density at radius 2 is 1.65 bits per heavy atom. The summed E-state index contributed by atoms with van der Waals surface area (Å²) in [5.74, 6) is 0.159. The normalized spacial score (nSPS) is 11.9. The summed E-state index contributed by atoms with van der Waals surface area (Å²) in [6.07, 6.45) is 3.32. The van der Waals surface area contributed by atoms with Crippen LogP contribution in [-0.2, 0) is 11.2 Å². The highest BCUT2D eigenvalue weighted by Gasteiger charge is 2.19. The monoisotopic (exact) mass is 411 g/mol. The Balaban J connectivity index is 1.53. The first kappa shape index (κ1) is 20.7. The van der Waals surface area contributed by atoms with Gasteiger partial charge in [0.1, 0.15) is 0 Å². The van der Waals surface area contributed by atoms with Crippen molar-refractivity contribution in [3.63, 3.8) is 0 Å². The van der Waals surface area contributed by atoms with E-state index in [4.69, 9.17) is 0 Å². The molecule has 0 radical (unpaired) electrons. The lowest BCUT2D eigenvalue weighted by molar-refractivity contribution is -0.121. The molecule has 0 aliphatic heterocycles. The summed E-state index contributed by atoms with van der Waals surface area (Å²) in [4.78, 5) is 18.1. The maximum Gasteiger partial charge on any atom is 0.220 e. The zero-order chi connectivity index (χ0) is 21.6. The number of para-hydroxylation sites is 1. The van der Waals surface area contributed by atoms with Gasteiger partial charge in [0.15, 0.2) is 0 Å². The number of carbonyl (C=O) groups excluding carboxylic acids is 1. The minimum Gasteiger partial charge on any atom is -0.378 e. The SMILES string of the molecule is CN(C)c1ccc(C(CNC(=O)CCc2ccccc2)c2c[nH]c3ccccc23)cc1. The predicted octanol–water partition coefficient (Wildman–Crippen LogP) is 5.11. The summed E-state index contributed by atoms with van der Waals surface area (Å²) >= 11 is 0. The summed E-state index contributed by atoms with van der Waals surface area (Å²) in [7, 11) is 4.08. The van der Waals surface area contributed by atoms with Crippen LogP contribution in [0.4, 0.5) is 5.69 Å². The van der Waals surface area contributed by atoms with Gasteiger partial charge in [-0.2, -0.15) is 0 Å². The number of nitrogens with zero attached hydrogens (tertiary/aromatic N) is 1. The van der Waals surface area contributed by atoms with Crippen LogP contribution in [0.25, 0.3) is 10.9 Å². The number of benzene rings is 3. The van der Waals surface area contributed by atoms with Crippen LogP contribution in [0.5, 0.6) is 0 Å². The Labute approximate surface area is 183 Å². The van der Waals surface area contributed by atoms with Crippen molar-refractivity contribution < 1.29 is 4.79 Å². The summed E-state index contributed by atoms with van der Waals surface area (Å²) in [6, 6.07) is 27.1. The first-order chi connectivity index (χ1) is 15.1. The van der Waals surface area contributed by atoms with Gasteiger partial charge in [0.25, 0.3) is 0 Å². The van der Waals surface area contributed by atoms with Crippen molar-refractivity contribution in [3.8, 4) is 0 Å². The second-order valence-corrected chi connectivity index (χ2v) is 8.12. The lowest BCUT2D eigenvalue weighted by Gasteiger charge is -2.20. The topological polar surface area (TPSA) is 48.1 Å². The van der Waals surface area contributed by atoms with Crippen LogP contribution in [0.2, 0.25) is 0 Å². The molecule has 4 rings (SSSR count). The molecule has 158 valence electrons. The third kappa shape index (κ3) is 4.97. The molecule has 2 N–H and O–H groups in total. The molecule has 4 nitrogen and oxygen atoms in total. The van der Waals surface area contributed by atoms with E-state index in [-0.39, 0.29) is 11.8 Å². The van der Waals surface area contributed by atoms with Crippen molar-refractivity contribution >= 4 is 22.5 Å². The Morgan fingerprint density at radius 3 is 2.39 bits per heavy atom. The number of aryl methyl sites for hydroxylation is 1. The molecule has 0 bridgehead atoms. The molecule has 1 atom stereocenters. The number of hydrogen-bond donors (Lipinski definition) is 2. The maximum atomic E-state index is 12.6. The van der Waals surface area contributed by atoms with E-state index in [2.05, 4.69) is 76.0 Å². The van der Waals surface area contributed by atoms with Gasteiger partial charge in [-0.1, -0.05) is 60.7 Å². The summed E-state index contributed by atoms with van der Waals surface area (Å²) < 4.78 is 0. The van der Waals surface area contributed by atoms with E-state index in [0.717, 1.165) is 17.6 Å². The molecule has 1 heterocycles. The lowest BCUT2D eigenvalue weighted by Crippen LogP contribution is -2.29. The zero-order valence-corrected chi connectivity index (χ0v) is 18.1. The number of nitrogens with one attached hydrogen (secondary N) is 2. The molecule has 1 amide bonds. The van der Waals surface area contributed by atoms with Gasteiger partial charge >= 0.3 is 0 Å². The number of aromatic amines is 1. The smallest absolute Gasteiger partial charge is 0.220 e. The van der Waals surface area contributed by atoms with Gasteiger partial charge in [0.05, 0.1) is 0 Å². The predicted molar refractivity (Wildman–Crippen MR) is 129 cm³/mol. The second-order valence-electron chi connectivity index (χ2n) is 8.12. The van der Waals surface area contributed by atoms with E-state index in [0.29, 0.717) is 13.0 Å². The highest BCUT2D eigenvalue weighted by molar-refractivity contribution is 5.84. The summed E-state index contributed by atoms with van der Waals surface area (Å²) in [5.41, 5.74) is 5.86. The Morgan fingerprint density at radius 1 is 0.935 bits per heavy atom. The molecule has 3 aromatic carbocycles. The first-order valence-electron chi connectivity index (χ1n) is 10.8. The number of fused-ring (bicyclic) bond motifs is 1. The molecule has 1 unspecified atom stereocenters. The molecule has 0 saturated heterocycles. The molecular formula is C27H29N3O. The van der Waals surface area contributed by atoms with Crippen LogP contribution in [0.15, 0.2) is 85.1 Å². The molecule has 0 aliphatic carbocycles. The molecule has 0 saturated carbocycles. The number of amides is 1. The Hall–Kier alpha value is -3.53. The Kier molecular flexibility index (Phi) is 6.37. The van der Waals surface area contributed by atoms with Crippen molar-refractivity contribution in [1.82, 2.24) is 10.3 Å². The molecule has 0 aliphatic rings. The van der Waals surface area contributed by atoms with Crippen LogP contribution in [0, 0.1) is 0 Å². The number of aromatic nitrogens is 1. The van der Waals surface area contributed by atoms with Crippen LogP contribution in [0.1, 0.15) is 29.0 Å². The highest BCUT2D eigenvalue weighted by atomic mass is 16.1. The molecule has 4 aromatic rings. The second kappa shape index (κ2) is 9.52. The lowest BCUT2D eigenvalue weighted by atomic mass is 9.90. The van der Waals surface area contributed by atoms with E-state index in [1.54, 1.807) is 0 Å². The van der Waals surface area contributed by atoms with Gasteiger partial charge in [-0.25, -0.2) is 0 Å². The van der Waals surface area contributed by atoms with Crippen molar-refractivity contribution in [3.05, 3.63) is 102 Å². The standard InChI is InChI=1S/C27H29N3O/c1-30(2)22-15-13-21(14-16-22)24(25-19-28-26-11-7-6-10-23(25)26)18-29-27(31)17-12-20-8-4-3-5-9-20/h3-11,13-16,19,24,28H,12,17-18H2,1-2H3,(H,29,31). The van der Waals surface area contributed by atoms with Gasteiger partial charge < -0.3 is 15.2 Å². The van der Waals surface area contributed by atoms with E-state index in [1.165, 1.54) is 22.1 Å². The van der Waals surface area contributed by atoms with E-state index >= 15 is 0 Å². The Bertz CT molecular complexity index is 1130. The van der Waals surface area contributed by atoms with Gasteiger partial charge in [-0.15, -0.1) is 0 Å². The summed E-state index contributed by atoms with van der Waals surface area (Å²) in [5, 5.41) is 4.38. The summed E-state index contributed by atoms with van der Waals surface area (Å²) in [6.45, 7) is 0.566. The van der Waals surface area contributed by atoms with E-state index < -0.39 is 0 Å². The third-order valence-corrected chi connectivity index (χ3v) is 5.80. The fraction of sp³-hybridized carbons (Fsp3) is 0.222. The molecular weight excluding hydrogens is 382 g/mol. The third-order valence-electron chi connectivity index (χ3n) is 5.80. The zero-order valence-electron chi connectivity index (χ0n) is 18.1. The van der Waals surface area contributed by atoms with Crippen LogP contribution in [0.3, 0.4) is 0 Å². The molecule has 1 aromatic heterocycles. The largest absolute Gasteiger partial charge is 0.378 e. The fourth-order valence-corrected chi connectivity index (χ4v) is 4.00. The van der Waals surface area contributed by atoms with Gasteiger partial charge in [-0.05, 0) is 41.3 Å². The quantitative estimate of drug-likeness (QED) is 0.423. The number of anilines is 1. The van der Waals surface area contributed by atoms with Crippen LogP contribution >= 0.6 is 0 Å². The number of carbonyl (C=O) groups is 1. The maximum absolute atomic E-state index is 12.6. The van der Waals surface area contributed by atoms with Gasteiger partial charge in [0.2, 0.25) is 5.91 Å². The fourth-order valence-electron chi connectivity index (χ4n) is 4.00. The minimum absolute atomic E-state index is 0.0769. The minimum atomic E-state index is 0.0769. The molecule has 0 spiro atoms. The van der Waals surface area contributed by atoms with Gasteiger partial charge in [0, 0.05) is 55.8 Å². The van der Waals surface area contributed by atoms with Crippen molar-refractivity contribution in [1.29, 1.82) is 0 Å². The van der Waals surface area contributed by atoms with E-state index in [9.17, 15) is 4.79 Å². The van der Waals surface area contributed by atoms with Gasteiger partial charge in [-0.3, -0.25) is 4.79 Å². The average molecular weight is 412 g/mol. The van der Waals surface area contributed by atoms with Crippen LogP contribution in [-0.4, -0.2) is 31.5 Å². The molecule has 0 fully saturated rings. The number of H-pyrrole nitrogens is 1. The average Bonchev–Trinajstić information content (AvgIpc) is 3.23. The van der Waals surface area contributed by atoms with E-state index in [1.807, 2.05) is 38.4 Å². The molecule has 4 heteroatoms. The van der Waals surface area contributed by atoms with Crippen LogP contribution < -0.4 is 10.2 Å². The van der Waals surface area contributed by atoms with Crippen molar-refractivity contribution in [2.75, 3.05) is 25.5 Å². The van der Waals surface area contributed by atoms with Crippen molar-refractivity contribution in [2.24, 2.45) is 0 Å². The highest BCUT2D eigenvalue weighted by Crippen LogP contribution is 2.31. The number of hydrogen-bond acceptors (Lipinski definition) is 2.